The molecule has 2 heteroatoms. The number of hydrogen-bond donors (Lipinski definition) is 2. The van der Waals surface area contributed by atoms with Crippen molar-refractivity contribution >= 4 is 0 Å². The summed E-state index contributed by atoms with van der Waals surface area (Å²) < 4.78 is 0. The molecule has 0 radical (unpaired) electrons. The van der Waals surface area contributed by atoms with Gasteiger partial charge in [0.1, 0.15) is 0 Å². The van der Waals surface area contributed by atoms with E-state index in [1.165, 1.54) is 13.1 Å². The predicted molar refractivity (Wildman–Crippen MR) is 46.5 cm³/mol. The minimum atomic E-state index is 0.461. The van der Waals surface area contributed by atoms with Crippen LogP contribution < -0.4 is 10.6 Å². The van der Waals surface area contributed by atoms with Crippen LogP contribution in [0.2, 0.25) is 0 Å². The zero-order valence-corrected chi connectivity index (χ0v) is 7.65. The van der Waals surface area contributed by atoms with Gasteiger partial charge in [-0.2, -0.15) is 0 Å². The summed E-state index contributed by atoms with van der Waals surface area (Å²) in [6, 6.07) is 1.47. The van der Waals surface area contributed by atoms with Crippen molar-refractivity contribution in [3.63, 3.8) is 0 Å². The number of nitrogens with one attached hydrogen (secondary N) is 2. The van der Waals surface area contributed by atoms with Crippen LogP contribution in [0, 0.1) is 11.3 Å². The van der Waals surface area contributed by atoms with Crippen molar-refractivity contribution in [2.45, 2.75) is 32.9 Å². The Morgan fingerprint density at radius 1 is 1.00 bits per heavy atom. The van der Waals surface area contributed by atoms with E-state index in [9.17, 15) is 0 Å². The molecule has 0 saturated carbocycles. The number of piperazine rings is 1. The Labute approximate surface area is 68.7 Å². The lowest BCUT2D eigenvalue weighted by atomic mass is 9.76. The van der Waals surface area contributed by atoms with Gasteiger partial charge in [-0.25, -0.2) is 0 Å². The molecule has 2 aliphatic heterocycles. The smallest absolute Gasteiger partial charge is 0.0241 e. The summed E-state index contributed by atoms with van der Waals surface area (Å²) in [4.78, 5) is 0. The van der Waals surface area contributed by atoms with E-state index in [1.807, 2.05) is 0 Å². The molecule has 2 bridgehead atoms. The molecule has 0 spiro atoms. The van der Waals surface area contributed by atoms with Gasteiger partial charge in [0, 0.05) is 25.2 Å². The molecule has 2 nitrogen and oxygen atoms in total. The first kappa shape index (κ1) is 7.56. The van der Waals surface area contributed by atoms with E-state index < -0.39 is 0 Å². The Kier molecular flexibility index (Phi) is 1.52. The molecule has 11 heavy (non-hydrogen) atoms. The molecule has 64 valence electrons. The second-order valence-electron chi connectivity index (χ2n) is 4.92. The molecule has 2 atom stereocenters. The zero-order valence-electron chi connectivity index (χ0n) is 7.65. The van der Waals surface area contributed by atoms with Gasteiger partial charge in [-0.1, -0.05) is 20.8 Å². The summed E-state index contributed by atoms with van der Waals surface area (Å²) in [5.74, 6) is 0.836. The lowest BCUT2D eigenvalue weighted by Gasteiger charge is -2.29. The minimum absolute atomic E-state index is 0.461. The zero-order chi connectivity index (χ0) is 8.06. The van der Waals surface area contributed by atoms with Gasteiger partial charge in [-0.15, -0.1) is 0 Å². The van der Waals surface area contributed by atoms with Crippen molar-refractivity contribution in [1.29, 1.82) is 0 Å². The number of fused-ring (bicyclic) bond motifs is 2. The predicted octanol–water partition coefficient (Wildman–Crippen LogP) is 0.592. The van der Waals surface area contributed by atoms with Crippen LogP contribution in [0.5, 0.6) is 0 Å². The quantitative estimate of drug-likeness (QED) is 0.533. The van der Waals surface area contributed by atoms with Crippen LogP contribution >= 0.6 is 0 Å². The fourth-order valence-electron chi connectivity index (χ4n) is 2.70. The molecule has 0 aromatic heterocycles. The molecule has 2 unspecified atom stereocenters. The Morgan fingerprint density at radius 3 is 1.64 bits per heavy atom. The molecule has 0 aliphatic carbocycles. The molecule has 2 rings (SSSR count). The van der Waals surface area contributed by atoms with E-state index >= 15 is 0 Å². The Balaban J connectivity index is 2.16. The molecule has 2 saturated heterocycles. The summed E-state index contributed by atoms with van der Waals surface area (Å²) in [5, 5.41) is 7.10. The molecule has 0 aromatic carbocycles. The highest BCUT2D eigenvalue weighted by molar-refractivity contribution is 5.06. The van der Waals surface area contributed by atoms with Gasteiger partial charge in [0.2, 0.25) is 0 Å². The van der Waals surface area contributed by atoms with Gasteiger partial charge in [0.25, 0.3) is 0 Å². The van der Waals surface area contributed by atoms with E-state index in [-0.39, 0.29) is 0 Å². The summed E-state index contributed by atoms with van der Waals surface area (Å²) in [6.07, 6.45) is 0. The summed E-state index contributed by atoms with van der Waals surface area (Å²) in [5.41, 5.74) is 0.461. The Bertz CT molecular complexity index is 139. The SMILES string of the molecule is CC(C)(C)C1C2CNC1CN2. The largest absolute Gasteiger partial charge is 0.311 e. The van der Waals surface area contributed by atoms with Crippen LogP contribution in [-0.2, 0) is 0 Å². The third-order valence-electron chi connectivity index (χ3n) is 3.07. The first-order valence-electron chi connectivity index (χ1n) is 4.56. The molecule has 0 amide bonds. The van der Waals surface area contributed by atoms with Gasteiger partial charge in [0.05, 0.1) is 0 Å². The van der Waals surface area contributed by atoms with Gasteiger partial charge in [-0.05, 0) is 11.3 Å². The lowest BCUT2D eigenvalue weighted by molar-refractivity contribution is 0.232. The monoisotopic (exact) mass is 154 g/mol. The van der Waals surface area contributed by atoms with E-state index in [0.29, 0.717) is 5.41 Å². The highest BCUT2D eigenvalue weighted by Crippen LogP contribution is 2.37. The van der Waals surface area contributed by atoms with Crippen LogP contribution in [0.3, 0.4) is 0 Å². The van der Waals surface area contributed by atoms with Crippen LogP contribution in [0.15, 0.2) is 0 Å². The van der Waals surface area contributed by atoms with Gasteiger partial charge in [-0.3, -0.25) is 0 Å². The van der Waals surface area contributed by atoms with Gasteiger partial charge < -0.3 is 10.6 Å². The second kappa shape index (κ2) is 2.20. The van der Waals surface area contributed by atoms with Crippen molar-refractivity contribution in [3.05, 3.63) is 0 Å². The second-order valence-corrected chi connectivity index (χ2v) is 4.92. The summed E-state index contributed by atoms with van der Waals surface area (Å²) in [7, 11) is 0. The molecule has 2 fully saturated rings. The number of hydrogen-bond acceptors (Lipinski definition) is 2. The third-order valence-corrected chi connectivity index (χ3v) is 3.07. The van der Waals surface area contributed by atoms with Crippen LogP contribution in [-0.4, -0.2) is 25.2 Å². The number of rotatable bonds is 0. The van der Waals surface area contributed by atoms with Crippen LogP contribution in [0.4, 0.5) is 0 Å². The van der Waals surface area contributed by atoms with Crippen LogP contribution in [0.25, 0.3) is 0 Å². The van der Waals surface area contributed by atoms with E-state index in [4.69, 9.17) is 0 Å². The van der Waals surface area contributed by atoms with Crippen molar-refractivity contribution in [1.82, 2.24) is 10.6 Å². The van der Waals surface area contributed by atoms with Crippen molar-refractivity contribution in [2.24, 2.45) is 11.3 Å². The van der Waals surface area contributed by atoms with E-state index in [0.717, 1.165) is 18.0 Å². The van der Waals surface area contributed by atoms with Crippen molar-refractivity contribution in [2.75, 3.05) is 13.1 Å². The lowest BCUT2D eigenvalue weighted by Crippen LogP contribution is -2.39. The molecular weight excluding hydrogens is 136 g/mol. The third kappa shape index (κ3) is 1.09. The topological polar surface area (TPSA) is 24.1 Å². The average molecular weight is 154 g/mol. The van der Waals surface area contributed by atoms with Crippen LogP contribution in [0.1, 0.15) is 20.8 Å². The van der Waals surface area contributed by atoms with Crippen molar-refractivity contribution in [3.8, 4) is 0 Å². The Morgan fingerprint density at radius 2 is 1.45 bits per heavy atom. The molecule has 2 heterocycles. The van der Waals surface area contributed by atoms with Gasteiger partial charge in [0.15, 0.2) is 0 Å². The average Bonchev–Trinajstić information content (AvgIpc) is 2.40. The minimum Gasteiger partial charge on any atom is -0.311 e. The Hall–Kier alpha value is -0.0800. The first-order valence-corrected chi connectivity index (χ1v) is 4.56. The first-order chi connectivity index (χ1) is 5.09. The molecule has 2 aliphatic rings. The van der Waals surface area contributed by atoms with Gasteiger partial charge >= 0.3 is 0 Å². The van der Waals surface area contributed by atoms with E-state index in [2.05, 4.69) is 31.4 Å². The maximum atomic E-state index is 3.55. The summed E-state index contributed by atoms with van der Waals surface area (Å²) >= 11 is 0. The maximum absolute atomic E-state index is 3.55. The molecular formula is C9H18N2. The fraction of sp³-hybridized carbons (Fsp3) is 1.00. The fourth-order valence-corrected chi connectivity index (χ4v) is 2.70. The summed E-state index contributed by atoms with van der Waals surface area (Å²) in [6.45, 7) is 9.38. The van der Waals surface area contributed by atoms with E-state index in [1.54, 1.807) is 0 Å². The molecule has 0 aromatic rings. The highest BCUT2D eigenvalue weighted by Gasteiger charge is 2.46. The maximum Gasteiger partial charge on any atom is 0.0241 e. The normalized spacial score (nSPS) is 43.4. The standard InChI is InChI=1S/C9H18N2/c1-9(2,3)8-6-4-10-7(8)5-11-6/h6-8,10-11H,4-5H2,1-3H3. The van der Waals surface area contributed by atoms with Crippen molar-refractivity contribution < 1.29 is 0 Å². The highest BCUT2D eigenvalue weighted by atomic mass is 15.2. The molecule has 2 N–H and O–H groups in total.